The van der Waals surface area contributed by atoms with Crippen molar-refractivity contribution in [3.8, 4) is 0 Å². The molecule has 2 heteroatoms. The molecule has 0 radical (unpaired) electrons. The zero-order chi connectivity index (χ0) is 16.4. The Kier molecular flexibility index (Phi) is 4.26. The maximum atomic E-state index is 11.6. The van der Waals surface area contributed by atoms with Crippen LogP contribution in [-0.2, 0) is 5.60 Å². The van der Waals surface area contributed by atoms with Crippen molar-refractivity contribution in [1.29, 1.82) is 0 Å². The van der Waals surface area contributed by atoms with Crippen LogP contribution in [0.1, 0.15) is 24.0 Å². The molecule has 0 spiro atoms. The summed E-state index contributed by atoms with van der Waals surface area (Å²) in [5, 5.41) is 11.6. The van der Waals surface area contributed by atoms with Gasteiger partial charge in [0.1, 0.15) is 5.60 Å². The normalized spacial score (nSPS) is 26.8. The second-order valence-electron chi connectivity index (χ2n) is 7.16. The van der Waals surface area contributed by atoms with Gasteiger partial charge in [0.25, 0.3) is 0 Å². The quantitative estimate of drug-likeness (QED) is 0.866. The van der Waals surface area contributed by atoms with Gasteiger partial charge in [-0.25, -0.2) is 0 Å². The number of hydrogen-bond donors (Lipinski definition) is 1. The van der Waals surface area contributed by atoms with Crippen LogP contribution in [0.4, 0.5) is 0 Å². The fourth-order valence-electron chi connectivity index (χ4n) is 4.24. The van der Waals surface area contributed by atoms with E-state index in [0.29, 0.717) is 5.92 Å². The molecule has 2 aromatic carbocycles. The predicted octanol–water partition coefficient (Wildman–Crippen LogP) is 3.82. The molecule has 0 saturated carbocycles. The van der Waals surface area contributed by atoms with Crippen molar-refractivity contribution in [3.05, 3.63) is 83.9 Å². The van der Waals surface area contributed by atoms with Crippen LogP contribution in [0, 0.1) is 11.8 Å². The van der Waals surface area contributed by atoms with Crippen LogP contribution in [0.2, 0.25) is 0 Å². The Bertz CT molecular complexity index is 647. The number of benzene rings is 2. The first kappa shape index (κ1) is 15.6. The van der Waals surface area contributed by atoms with Gasteiger partial charge in [-0.3, -0.25) is 0 Å². The van der Waals surface area contributed by atoms with Crippen molar-refractivity contribution in [2.24, 2.45) is 11.8 Å². The standard InChI is InChI=1S/C22H25NO/c24-22(20-7-3-1-4-8-20,21-9-5-2-6-10-21)14-11-19-17-23-15-12-18(19)13-16-23/h1-11,14,18-19,24H,12-13,15-17H2/b14-11+. The minimum atomic E-state index is -1.06. The molecule has 3 aliphatic heterocycles. The van der Waals surface area contributed by atoms with Crippen LogP contribution >= 0.6 is 0 Å². The van der Waals surface area contributed by atoms with Crippen LogP contribution in [0.25, 0.3) is 0 Å². The highest BCUT2D eigenvalue weighted by molar-refractivity contribution is 5.40. The van der Waals surface area contributed by atoms with Gasteiger partial charge in [-0.2, -0.15) is 0 Å². The second-order valence-corrected chi connectivity index (χ2v) is 7.16. The van der Waals surface area contributed by atoms with Gasteiger partial charge in [0.05, 0.1) is 0 Å². The number of aliphatic hydroxyl groups is 1. The summed E-state index contributed by atoms with van der Waals surface area (Å²) in [7, 11) is 0. The average Bonchev–Trinajstić information content (AvgIpc) is 2.68. The van der Waals surface area contributed by atoms with Crippen LogP contribution in [-0.4, -0.2) is 29.6 Å². The van der Waals surface area contributed by atoms with Gasteiger partial charge in [0, 0.05) is 6.54 Å². The first-order chi connectivity index (χ1) is 11.8. The third-order valence-electron chi connectivity index (χ3n) is 5.72. The lowest BCUT2D eigenvalue weighted by atomic mass is 9.77. The third-order valence-corrected chi connectivity index (χ3v) is 5.72. The zero-order valence-corrected chi connectivity index (χ0v) is 14.0. The van der Waals surface area contributed by atoms with Crippen molar-refractivity contribution in [2.45, 2.75) is 18.4 Å². The Hall–Kier alpha value is -1.90. The highest BCUT2D eigenvalue weighted by Gasteiger charge is 2.34. The highest BCUT2D eigenvalue weighted by atomic mass is 16.3. The van der Waals surface area contributed by atoms with E-state index < -0.39 is 5.60 Å². The molecule has 3 aliphatic rings. The summed E-state index contributed by atoms with van der Waals surface area (Å²) in [5.41, 5.74) is 0.789. The molecule has 5 rings (SSSR count). The van der Waals surface area contributed by atoms with E-state index in [2.05, 4.69) is 11.0 Å². The molecule has 2 aromatic rings. The monoisotopic (exact) mass is 319 g/mol. The van der Waals surface area contributed by atoms with Gasteiger partial charge in [-0.1, -0.05) is 66.7 Å². The van der Waals surface area contributed by atoms with Gasteiger partial charge in [0.2, 0.25) is 0 Å². The number of rotatable bonds is 4. The first-order valence-corrected chi connectivity index (χ1v) is 9.01. The molecule has 2 bridgehead atoms. The first-order valence-electron chi connectivity index (χ1n) is 9.01. The van der Waals surface area contributed by atoms with Crippen molar-refractivity contribution >= 4 is 0 Å². The maximum Gasteiger partial charge on any atom is 0.133 e. The summed E-state index contributed by atoms with van der Waals surface area (Å²) in [4.78, 5) is 2.55. The lowest BCUT2D eigenvalue weighted by Gasteiger charge is -2.44. The van der Waals surface area contributed by atoms with Crippen LogP contribution in [0.3, 0.4) is 0 Å². The van der Waals surface area contributed by atoms with E-state index in [1.165, 1.54) is 25.9 Å². The molecule has 0 aromatic heterocycles. The summed E-state index contributed by atoms with van der Waals surface area (Å²) in [6.45, 7) is 3.63. The lowest BCUT2D eigenvalue weighted by molar-refractivity contribution is 0.0715. The summed E-state index contributed by atoms with van der Waals surface area (Å²) >= 11 is 0. The number of piperidine rings is 3. The Labute approximate surface area is 144 Å². The molecule has 24 heavy (non-hydrogen) atoms. The molecule has 124 valence electrons. The topological polar surface area (TPSA) is 23.5 Å². The third kappa shape index (κ3) is 2.92. The van der Waals surface area contributed by atoms with E-state index >= 15 is 0 Å². The zero-order valence-electron chi connectivity index (χ0n) is 14.0. The van der Waals surface area contributed by atoms with Crippen molar-refractivity contribution in [1.82, 2.24) is 4.90 Å². The second kappa shape index (κ2) is 6.54. The maximum absolute atomic E-state index is 11.6. The minimum absolute atomic E-state index is 0.562. The highest BCUT2D eigenvalue weighted by Crippen LogP contribution is 2.36. The van der Waals surface area contributed by atoms with Gasteiger partial charge >= 0.3 is 0 Å². The molecule has 3 heterocycles. The lowest BCUT2D eigenvalue weighted by Crippen LogP contribution is -2.46. The number of nitrogens with zero attached hydrogens (tertiary/aromatic N) is 1. The Morgan fingerprint density at radius 2 is 1.42 bits per heavy atom. The summed E-state index contributed by atoms with van der Waals surface area (Å²) in [6.07, 6.45) is 6.90. The molecular formula is C22H25NO. The van der Waals surface area contributed by atoms with Gasteiger partial charge in [-0.05, 0) is 55.0 Å². The molecule has 2 nitrogen and oxygen atoms in total. The molecule has 3 fully saturated rings. The van der Waals surface area contributed by atoms with E-state index in [4.69, 9.17) is 0 Å². The molecule has 1 atom stereocenters. The van der Waals surface area contributed by atoms with Gasteiger partial charge in [-0.15, -0.1) is 0 Å². The van der Waals surface area contributed by atoms with Crippen molar-refractivity contribution < 1.29 is 5.11 Å². The summed E-state index contributed by atoms with van der Waals surface area (Å²) < 4.78 is 0. The molecule has 0 amide bonds. The minimum Gasteiger partial charge on any atom is -0.377 e. The average molecular weight is 319 g/mol. The Balaban J connectivity index is 1.67. The fourth-order valence-corrected chi connectivity index (χ4v) is 4.24. The fraction of sp³-hybridized carbons (Fsp3) is 0.364. The van der Waals surface area contributed by atoms with Crippen LogP contribution in [0.15, 0.2) is 72.8 Å². The van der Waals surface area contributed by atoms with E-state index in [9.17, 15) is 5.11 Å². The number of fused-ring (bicyclic) bond motifs is 3. The smallest absolute Gasteiger partial charge is 0.133 e. The van der Waals surface area contributed by atoms with Crippen LogP contribution in [0.5, 0.6) is 0 Å². The molecule has 0 aliphatic carbocycles. The largest absolute Gasteiger partial charge is 0.377 e. The van der Waals surface area contributed by atoms with Crippen molar-refractivity contribution in [3.63, 3.8) is 0 Å². The summed E-state index contributed by atoms with van der Waals surface area (Å²) in [5.74, 6) is 1.34. The van der Waals surface area contributed by atoms with Crippen molar-refractivity contribution in [2.75, 3.05) is 19.6 Å². The number of hydrogen-bond acceptors (Lipinski definition) is 2. The molecular weight excluding hydrogens is 294 g/mol. The van der Waals surface area contributed by atoms with E-state index in [0.717, 1.165) is 23.6 Å². The Morgan fingerprint density at radius 1 is 0.875 bits per heavy atom. The molecule has 3 saturated heterocycles. The summed E-state index contributed by atoms with van der Waals surface area (Å²) in [6, 6.07) is 20.0. The Morgan fingerprint density at radius 3 is 1.88 bits per heavy atom. The SMILES string of the molecule is OC(/C=C/C1CN2CCC1CC2)(c1ccccc1)c1ccccc1. The molecule has 1 N–H and O–H groups in total. The predicted molar refractivity (Wildman–Crippen MR) is 97.7 cm³/mol. The van der Waals surface area contributed by atoms with Gasteiger partial charge in [0.15, 0.2) is 0 Å². The van der Waals surface area contributed by atoms with Crippen LogP contribution < -0.4 is 0 Å². The van der Waals surface area contributed by atoms with E-state index in [-0.39, 0.29) is 0 Å². The molecule has 1 unspecified atom stereocenters. The van der Waals surface area contributed by atoms with Gasteiger partial charge < -0.3 is 10.0 Å². The van der Waals surface area contributed by atoms with E-state index in [1.54, 1.807) is 0 Å². The van der Waals surface area contributed by atoms with E-state index in [1.807, 2.05) is 66.7 Å².